The smallest absolute Gasteiger partial charge is 0.225 e. The lowest BCUT2D eigenvalue weighted by molar-refractivity contribution is 1.09. The predicted molar refractivity (Wildman–Crippen MR) is 89.1 cm³/mol. The first kappa shape index (κ1) is 12.5. The van der Waals surface area contributed by atoms with Crippen LogP contribution in [0.1, 0.15) is 0 Å². The maximum absolute atomic E-state index is 5.71. The number of nitrogens with zero attached hydrogens (tertiary/aromatic N) is 3. The van der Waals surface area contributed by atoms with Gasteiger partial charge in [-0.05, 0) is 27.6 Å². The number of nitrogens with two attached hydrogens (primary N) is 2. The van der Waals surface area contributed by atoms with Gasteiger partial charge in [-0.2, -0.15) is 15.0 Å². The van der Waals surface area contributed by atoms with Crippen molar-refractivity contribution in [1.29, 1.82) is 0 Å². The van der Waals surface area contributed by atoms with Crippen molar-refractivity contribution in [2.24, 2.45) is 0 Å². The molecule has 0 radical (unpaired) electrons. The SMILES string of the molecule is Nc1nc(N)nc(-c2cc3ccccc3c3ccccc23)n1. The van der Waals surface area contributed by atoms with Gasteiger partial charge >= 0.3 is 0 Å². The number of nitrogen functional groups attached to an aromatic ring is 2. The van der Waals surface area contributed by atoms with Crippen LogP contribution >= 0.6 is 0 Å². The Balaban J connectivity index is 2.15. The fourth-order valence-electron chi connectivity index (χ4n) is 2.77. The summed E-state index contributed by atoms with van der Waals surface area (Å²) in [7, 11) is 0. The first-order valence-corrected chi connectivity index (χ1v) is 6.90. The average molecular weight is 287 g/mol. The van der Waals surface area contributed by atoms with Gasteiger partial charge in [0, 0.05) is 5.56 Å². The van der Waals surface area contributed by atoms with Gasteiger partial charge in [-0.3, -0.25) is 0 Å². The maximum atomic E-state index is 5.71. The summed E-state index contributed by atoms with van der Waals surface area (Å²) in [4.78, 5) is 12.3. The highest BCUT2D eigenvalue weighted by atomic mass is 15.1. The highest BCUT2D eigenvalue weighted by molar-refractivity contribution is 6.13. The fourth-order valence-corrected chi connectivity index (χ4v) is 2.77. The first-order chi connectivity index (χ1) is 10.7. The quantitative estimate of drug-likeness (QED) is 0.525. The molecule has 106 valence electrons. The Morgan fingerprint density at radius 2 is 1.23 bits per heavy atom. The fraction of sp³-hybridized carbons (Fsp3) is 0. The maximum Gasteiger partial charge on any atom is 0.225 e. The van der Waals surface area contributed by atoms with Crippen molar-refractivity contribution in [3.05, 3.63) is 54.6 Å². The second-order valence-corrected chi connectivity index (χ2v) is 5.07. The average Bonchev–Trinajstić information content (AvgIpc) is 2.53. The molecule has 5 nitrogen and oxygen atoms in total. The van der Waals surface area contributed by atoms with Gasteiger partial charge in [0.1, 0.15) is 0 Å². The Bertz CT molecular complexity index is 990. The number of benzene rings is 3. The molecule has 0 bridgehead atoms. The number of hydrogen-bond donors (Lipinski definition) is 2. The van der Waals surface area contributed by atoms with Crippen LogP contribution in [0.4, 0.5) is 11.9 Å². The minimum atomic E-state index is 0.125. The van der Waals surface area contributed by atoms with Crippen LogP contribution in [0.3, 0.4) is 0 Å². The van der Waals surface area contributed by atoms with E-state index in [0.717, 1.165) is 21.7 Å². The van der Waals surface area contributed by atoms with Gasteiger partial charge in [0.2, 0.25) is 11.9 Å². The zero-order chi connectivity index (χ0) is 15.1. The van der Waals surface area contributed by atoms with E-state index in [1.807, 2.05) is 30.3 Å². The lowest BCUT2D eigenvalue weighted by Gasteiger charge is -2.10. The van der Waals surface area contributed by atoms with Gasteiger partial charge in [0.05, 0.1) is 0 Å². The lowest BCUT2D eigenvalue weighted by Crippen LogP contribution is -2.04. The van der Waals surface area contributed by atoms with E-state index >= 15 is 0 Å². The van der Waals surface area contributed by atoms with Crippen molar-refractivity contribution in [3.63, 3.8) is 0 Å². The molecule has 1 aromatic heterocycles. The van der Waals surface area contributed by atoms with E-state index < -0.39 is 0 Å². The Labute approximate surface area is 126 Å². The molecule has 0 aliphatic heterocycles. The minimum Gasteiger partial charge on any atom is -0.368 e. The van der Waals surface area contributed by atoms with Crippen LogP contribution in [0.25, 0.3) is 32.9 Å². The summed E-state index contributed by atoms with van der Waals surface area (Å²) < 4.78 is 0. The molecule has 0 atom stereocenters. The molecule has 4 aromatic rings. The largest absolute Gasteiger partial charge is 0.368 e. The number of anilines is 2. The Hall–Kier alpha value is -3.21. The molecular formula is C17H13N5. The van der Waals surface area contributed by atoms with Crippen molar-refractivity contribution in [2.75, 3.05) is 11.5 Å². The third kappa shape index (κ3) is 1.91. The zero-order valence-electron chi connectivity index (χ0n) is 11.7. The van der Waals surface area contributed by atoms with Gasteiger partial charge in [0.25, 0.3) is 0 Å². The molecular weight excluding hydrogens is 274 g/mol. The van der Waals surface area contributed by atoms with Gasteiger partial charge in [-0.15, -0.1) is 0 Å². The minimum absolute atomic E-state index is 0.125. The molecule has 0 unspecified atom stereocenters. The van der Waals surface area contributed by atoms with Crippen molar-refractivity contribution in [2.45, 2.75) is 0 Å². The molecule has 3 aromatic carbocycles. The molecule has 0 aliphatic carbocycles. The number of aromatic nitrogens is 3. The second-order valence-electron chi connectivity index (χ2n) is 5.07. The Morgan fingerprint density at radius 1 is 0.636 bits per heavy atom. The van der Waals surface area contributed by atoms with E-state index in [2.05, 4.69) is 39.2 Å². The van der Waals surface area contributed by atoms with Crippen molar-refractivity contribution in [1.82, 2.24) is 15.0 Å². The normalized spacial score (nSPS) is 11.1. The van der Waals surface area contributed by atoms with Crippen LogP contribution in [0.5, 0.6) is 0 Å². The topological polar surface area (TPSA) is 90.7 Å². The van der Waals surface area contributed by atoms with E-state index in [1.165, 1.54) is 5.39 Å². The molecule has 0 saturated carbocycles. The molecule has 0 fully saturated rings. The van der Waals surface area contributed by atoms with Gasteiger partial charge in [-0.25, -0.2) is 0 Å². The third-order valence-electron chi connectivity index (χ3n) is 3.68. The second kappa shape index (κ2) is 4.66. The van der Waals surface area contributed by atoms with E-state index in [9.17, 15) is 0 Å². The number of hydrogen-bond acceptors (Lipinski definition) is 5. The molecule has 5 heteroatoms. The van der Waals surface area contributed by atoms with E-state index in [4.69, 9.17) is 11.5 Å². The molecule has 22 heavy (non-hydrogen) atoms. The van der Waals surface area contributed by atoms with Crippen LogP contribution in [-0.2, 0) is 0 Å². The summed E-state index contributed by atoms with van der Waals surface area (Å²) in [5.41, 5.74) is 12.3. The van der Waals surface area contributed by atoms with Gasteiger partial charge < -0.3 is 11.5 Å². The van der Waals surface area contributed by atoms with E-state index in [1.54, 1.807) is 0 Å². The summed E-state index contributed by atoms with van der Waals surface area (Å²) in [6, 6.07) is 18.4. The molecule has 4 rings (SSSR count). The highest BCUT2D eigenvalue weighted by Crippen LogP contribution is 2.33. The van der Waals surface area contributed by atoms with Crippen LogP contribution in [-0.4, -0.2) is 15.0 Å². The van der Waals surface area contributed by atoms with Crippen LogP contribution in [0, 0.1) is 0 Å². The standard InChI is InChI=1S/C17H13N5/c18-16-20-15(21-17(19)22-16)14-9-10-5-1-2-6-11(10)12-7-3-4-8-13(12)14/h1-9H,(H4,18,19,20,21,22). The van der Waals surface area contributed by atoms with Crippen LogP contribution in [0.15, 0.2) is 54.6 Å². The zero-order valence-corrected chi connectivity index (χ0v) is 11.7. The molecule has 0 amide bonds. The summed E-state index contributed by atoms with van der Waals surface area (Å²) >= 11 is 0. The van der Waals surface area contributed by atoms with Gasteiger partial charge in [-0.1, -0.05) is 48.5 Å². The molecule has 4 N–H and O–H groups in total. The number of rotatable bonds is 1. The lowest BCUT2D eigenvalue weighted by atomic mass is 9.97. The number of fused-ring (bicyclic) bond motifs is 3. The molecule has 1 heterocycles. The van der Waals surface area contributed by atoms with Gasteiger partial charge in [0.15, 0.2) is 5.82 Å². The Morgan fingerprint density at radius 3 is 1.95 bits per heavy atom. The van der Waals surface area contributed by atoms with E-state index in [-0.39, 0.29) is 11.9 Å². The van der Waals surface area contributed by atoms with Crippen molar-refractivity contribution >= 4 is 33.4 Å². The van der Waals surface area contributed by atoms with Crippen LogP contribution < -0.4 is 11.5 Å². The summed E-state index contributed by atoms with van der Waals surface area (Å²) in [6.45, 7) is 0. The highest BCUT2D eigenvalue weighted by Gasteiger charge is 2.11. The Kier molecular flexibility index (Phi) is 2.66. The molecule has 0 spiro atoms. The van der Waals surface area contributed by atoms with Crippen molar-refractivity contribution in [3.8, 4) is 11.4 Å². The predicted octanol–water partition coefficient (Wildman–Crippen LogP) is 3.01. The summed E-state index contributed by atoms with van der Waals surface area (Å²) in [5.74, 6) is 0.742. The first-order valence-electron chi connectivity index (χ1n) is 6.90. The van der Waals surface area contributed by atoms with E-state index in [0.29, 0.717) is 5.82 Å². The summed E-state index contributed by atoms with van der Waals surface area (Å²) in [5, 5.41) is 4.52. The van der Waals surface area contributed by atoms with Crippen LogP contribution in [0.2, 0.25) is 0 Å². The molecule has 0 aliphatic rings. The third-order valence-corrected chi connectivity index (χ3v) is 3.68. The van der Waals surface area contributed by atoms with Crippen molar-refractivity contribution < 1.29 is 0 Å². The monoisotopic (exact) mass is 287 g/mol. The summed E-state index contributed by atoms with van der Waals surface area (Å²) in [6.07, 6.45) is 0. The molecule has 0 saturated heterocycles.